The van der Waals surface area contributed by atoms with Gasteiger partial charge in [-0.15, -0.1) is 11.3 Å². The molecule has 1 aromatic heterocycles. The lowest BCUT2D eigenvalue weighted by molar-refractivity contribution is 0.0927. The zero-order valence-electron chi connectivity index (χ0n) is 11.8. The SMILES string of the molecule is CCN(CC(=O)c1ccccc1OC)Cc1cccs1. The molecular weight excluding hydrogens is 270 g/mol. The molecule has 1 aromatic carbocycles. The van der Waals surface area contributed by atoms with Crippen LogP contribution >= 0.6 is 11.3 Å². The minimum Gasteiger partial charge on any atom is -0.496 e. The molecule has 106 valence electrons. The van der Waals surface area contributed by atoms with Crippen molar-refractivity contribution in [1.82, 2.24) is 4.90 Å². The Morgan fingerprint density at radius 2 is 2.05 bits per heavy atom. The predicted molar refractivity (Wildman–Crippen MR) is 82.6 cm³/mol. The van der Waals surface area contributed by atoms with Crippen molar-refractivity contribution < 1.29 is 9.53 Å². The van der Waals surface area contributed by atoms with E-state index in [4.69, 9.17) is 4.74 Å². The molecule has 0 bridgehead atoms. The quantitative estimate of drug-likeness (QED) is 0.731. The van der Waals surface area contributed by atoms with Crippen LogP contribution in [0.5, 0.6) is 5.75 Å². The third-order valence-corrected chi connectivity index (χ3v) is 4.04. The summed E-state index contributed by atoms with van der Waals surface area (Å²) in [5.74, 6) is 0.741. The van der Waals surface area contributed by atoms with Crippen molar-refractivity contribution in [1.29, 1.82) is 0 Å². The molecule has 0 aliphatic heterocycles. The molecule has 0 N–H and O–H groups in total. The van der Waals surface area contributed by atoms with E-state index in [9.17, 15) is 4.79 Å². The molecule has 1 heterocycles. The molecule has 2 aromatic rings. The fraction of sp³-hybridized carbons (Fsp3) is 0.312. The topological polar surface area (TPSA) is 29.5 Å². The molecule has 0 unspecified atom stereocenters. The summed E-state index contributed by atoms with van der Waals surface area (Å²) >= 11 is 1.72. The first-order chi connectivity index (χ1) is 9.74. The summed E-state index contributed by atoms with van der Waals surface area (Å²) in [6.45, 7) is 4.14. The van der Waals surface area contributed by atoms with Crippen LogP contribution in [0.2, 0.25) is 0 Å². The van der Waals surface area contributed by atoms with E-state index in [2.05, 4.69) is 23.3 Å². The highest BCUT2D eigenvalue weighted by atomic mass is 32.1. The van der Waals surface area contributed by atoms with Crippen LogP contribution in [0.25, 0.3) is 0 Å². The first-order valence-electron chi connectivity index (χ1n) is 6.65. The van der Waals surface area contributed by atoms with E-state index in [0.717, 1.165) is 13.1 Å². The van der Waals surface area contributed by atoms with Gasteiger partial charge in [0.2, 0.25) is 0 Å². The van der Waals surface area contributed by atoms with E-state index in [0.29, 0.717) is 17.9 Å². The first kappa shape index (κ1) is 14.8. The number of hydrogen-bond acceptors (Lipinski definition) is 4. The molecule has 0 spiro atoms. The van der Waals surface area contributed by atoms with Gasteiger partial charge in [0.25, 0.3) is 0 Å². The molecule has 2 rings (SSSR count). The number of carbonyl (C=O) groups excluding carboxylic acids is 1. The molecule has 0 fully saturated rings. The summed E-state index contributed by atoms with van der Waals surface area (Å²) in [4.78, 5) is 15.8. The molecule has 0 saturated heterocycles. The number of nitrogens with zero attached hydrogens (tertiary/aromatic N) is 1. The van der Waals surface area contributed by atoms with Gasteiger partial charge in [-0.3, -0.25) is 9.69 Å². The van der Waals surface area contributed by atoms with Crippen molar-refractivity contribution >= 4 is 17.1 Å². The minimum atomic E-state index is 0.0980. The van der Waals surface area contributed by atoms with Crippen molar-refractivity contribution in [2.45, 2.75) is 13.5 Å². The fourth-order valence-electron chi connectivity index (χ4n) is 2.07. The van der Waals surface area contributed by atoms with Crippen LogP contribution in [-0.2, 0) is 6.54 Å². The van der Waals surface area contributed by atoms with Gasteiger partial charge < -0.3 is 4.74 Å². The second-order valence-electron chi connectivity index (χ2n) is 4.51. The Labute approximate surface area is 123 Å². The number of ether oxygens (including phenoxy) is 1. The average molecular weight is 289 g/mol. The Balaban J connectivity index is 2.05. The number of benzene rings is 1. The lowest BCUT2D eigenvalue weighted by atomic mass is 10.1. The summed E-state index contributed by atoms with van der Waals surface area (Å²) in [7, 11) is 1.59. The van der Waals surface area contributed by atoms with Gasteiger partial charge in [-0.1, -0.05) is 25.1 Å². The monoisotopic (exact) mass is 289 g/mol. The zero-order chi connectivity index (χ0) is 14.4. The lowest BCUT2D eigenvalue weighted by Gasteiger charge is -2.19. The van der Waals surface area contributed by atoms with Gasteiger partial charge in [0.05, 0.1) is 19.2 Å². The Hall–Kier alpha value is -1.65. The number of Topliss-reactive ketones (excluding diaryl/α,β-unsaturated/α-hetero) is 1. The molecule has 0 amide bonds. The number of thiophene rings is 1. The molecule has 0 radical (unpaired) electrons. The lowest BCUT2D eigenvalue weighted by Crippen LogP contribution is -2.29. The predicted octanol–water partition coefficient (Wildman–Crippen LogP) is 3.46. The van der Waals surface area contributed by atoms with Crippen LogP contribution < -0.4 is 4.74 Å². The molecule has 3 nitrogen and oxygen atoms in total. The van der Waals surface area contributed by atoms with Crippen molar-refractivity contribution in [2.75, 3.05) is 20.2 Å². The number of carbonyl (C=O) groups is 1. The van der Waals surface area contributed by atoms with Crippen molar-refractivity contribution in [3.8, 4) is 5.75 Å². The number of para-hydroxylation sites is 1. The van der Waals surface area contributed by atoms with E-state index < -0.39 is 0 Å². The van der Waals surface area contributed by atoms with Crippen LogP contribution in [0.3, 0.4) is 0 Å². The highest BCUT2D eigenvalue weighted by Crippen LogP contribution is 2.19. The van der Waals surface area contributed by atoms with Crippen LogP contribution in [0.1, 0.15) is 22.2 Å². The first-order valence-corrected chi connectivity index (χ1v) is 7.53. The Kier molecular flexibility index (Phi) is 5.32. The molecule has 0 atom stereocenters. The largest absolute Gasteiger partial charge is 0.496 e. The van der Waals surface area contributed by atoms with Crippen LogP contribution in [0.15, 0.2) is 41.8 Å². The second-order valence-corrected chi connectivity index (χ2v) is 5.54. The second kappa shape index (κ2) is 7.22. The van der Waals surface area contributed by atoms with Crippen molar-refractivity contribution in [3.05, 3.63) is 52.2 Å². The number of ketones is 1. The highest BCUT2D eigenvalue weighted by Gasteiger charge is 2.15. The summed E-state index contributed by atoms with van der Waals surface area (Å²) in [5.41, 5.74) is 0.652. The van der Waals surface area contributed by atoms with E-state index in [-0.39, 0.29) is 5.78 Å². The van der Waals surface area contributed by atoms with Gasteiger partial charge in [-0.2, -0.15) is 0 Å². The van der Waals surface area contributed by atoms with E-state index in [1.54, 1.807) is 18.4 Å². The molecule has 4 heteroatoms. The van der Waals surface area contributed by atoms with Gasteiger partial charge in [0, 0.05) is 11.4 Å². The van der Waals surface area contributed by atoms with Gasteiger partial charge >= 0.3 is 0 Å². The van der Waals surface area contributed by atoms with Crippen LogP contribution in [0, 0.1) is 0 Å². The van der Waals surface area contributed by atoms with E-state index >= 15 is 0 Å². The number of likely N-dealkylation sites (N-methyl/N-ethyl adjacent to an activating group) is 1. The Morgan fingerprint density at radius 1 is 1.25 bits per heavy atom. The average Bonchev–Trinajstić information content (AvgIpc) is 2.99. The molecule has 20 heavy (non-hydrogen) atoms. The van der Waals surface area contributed by atoms with Crippen LogP contribution in [-0.4, -0.2) is 30.9 Å². The highest BCUT2D eigenvalue weighted by molar-refractivity contribution is 7.09. The third kappa shape index (κ3) is 3.68. The maximum atomic E-state index is 12.4. The van der Waals surface area contributed by atoms with Crippen molar-refractivity contribution in [3.63, 3.8) is 0 Å². The summed E-state index contributed by atoms with van der Waals surface area (Å²) in [6, 6.07) is 11.5. The van der Waals surface area contributed by atoms with Gasteiger partial charge in [0.15, 0.2) is 5.78 Å². The third-order valence-electron chi connectivity index (χ3n) is 3.18. The van der Waals surface area contributed by atoms with Gasteiger partial charge in [-0.25, -0.2) is 0 Å². The zero-order valence-corrected chi connectivity index (χ0v) is 12.7. The van der Waals surface area contributed by atoms with E-state index in [1.165, 1.54) is 4.88 Å². The fourth-order valence-corrected chi connectivity index (χ4v) is 2.81. The Morgan fingerprint density at radius 3 is 2.70 bits per heavy atom. The summed E-state index contributed by atoms with van der Waals surface area (Å²) in [6.07, 6.45) is 0. The van der Waals surface area contributed by atoms with E-state index in [1.807, 2.05) is 30.3 Å². The molecule has 0 saturated carbocycles. The number of rotatable bonds is 7. The summed E-state index contributed by atoms with van der Waals surface area (Å²) in [5, 5.41) is 2.06. The number of hydrogen-bond donors (Lipinski definition) is 0. The maximum absolute atomic E-state index is 12.4. The molecule has 0 aliphatic carbocycles. The van der Waals surface area contributed by atoms with Gasteiger partial charge in [-0.05, 0) is 30.1 Å². The molecule has 0 aliphatic rings. The number of methoxy groups -OCH3 is 1. The molecular formula is C16H19NO2S. The van der Waals surface area contributed by atoms with Crippen molar-refractivity contribution in [2.24, 2.45) is 0 Å². The minimum absolute atomic E-state index is 0.0980. The smallest absolute Gasteiger partial charge is 0.180 e. The van der Waals surface area contributed by atoms with Crippen LogP contribution in [0.4, 0.5) is 0 Å². The standard InChI is InChI=1S/C16H19NO2S/c1-3-17(11-13-7-6-10-20-13)12-15(18)14-8-4-5-9-16(14)19-2/h4-10H,3,11-12H2,1-2H3. The van der Waals surface area contributed by atoms with Gasteiger partial charge in [0.1, 0.15) is 5.75 Å². The normalized spacial score (nSPS) is 10.8. The Bertz CT molecular complexity index is 551. The summed E-state index contributed by atoms with van der Waals surface area (Å²) < 4.78 is 5.25. The maximum Gasteiger partial charge on any atom is 0.180 e.